The van der Waals surface area contributed by atoms with Gasteiger partial charge in [0.1, 0.15) is 6.04 Å². The van der Waals surface area contributed by atoms with Crippen LogP contribution in [0.15, 0.2) is 54.6 Å². The second-order valence-corrected chi connectivity index (χ2v) is 7.52. The van der Waals surface area contributed by atoms with Crippen LogP contribution in [-0.2, 0) is 11.2 Å². The maximum Gasteiger partial charge on any atom is 0.226 e. The number of nitrogens with one attached hydrogen (secondary N) is 2. The van der Waals surface area contributed by atoms with Gasteiger partial charge in [-0.1, -0.05) is 35.9 Å². The minimum Gasteiger partial charge on any atom is -0.396 e. The smallest absolute Gasteiger partial charge is 0.226 e. The number of anilines is 2. The molecule has 154 valence electrons. The summed E-state index contributed by atoms with van der Waals surface area (Å²) in [6.45, 7) is 1.58. The highest BCUT2D eigenvalue weighted by atomic mass is 35.5. The Balaban J connectivity index is 1.70. The van der Waals surface area contributed by atoms with E-state index in [9.17, 15) is 4.79 Å². The van der Waals surface area contributed by atoms with Crippen molar-refractivity contribution in [2.45, 2.75) is 25.8 Å². The molecule has 3 aromatic rings. The fourth-order valence-corrected chi connectivity index (χ4v) is 3.51. The number of hydrogen-bond acceptors (Lipinski definition) is 5. The Labute approximate surface area is 179 Å². The van der Waals surface area contributed by atoms with Crippen LogP contribution in [0.2, 0.25) is 5.02 Å². The van der Waals surface area contributed by atoms with E-state index in [1.165, 1.54) is 6.92 Å². The molecule has 3 N–H and O–H groups in total. The molecule has 0 unspecified atom stereocenters. The van der Waals surface area contributed by atoms with Crippen LogP contribution in [0.5, 0.6) is 0 Å². The summed E-state index contributed by atoms with van der Waals surface area (Å²) in [6, 6.07) is 15.1. The number of halogens is 1. The molecule has 8 heteroatoms. The van der Waals surface area contributed by atoms with Crippen LogP contribution in [0.1, 0.15) is 36.3 Å². The summed E-state index contributed by atoms with van der Waals surface area (Å²) in [5.41, 5.74) is 3.65. The summed E-state index contributed by atoms with van der Waals surface area (Å²) in [5, 5.41) is 20.6. The zero-order valence-corrected chi connectivity index (χ0v) is 17.2. The third kappa shape index (κ3) is 4.37. The standard InChI is InChI=1S/C22H22ClN5O2/c1-14(30)24-18-10-6-15(7-11-18)19-13-20(16-4-8-17(23)9-5-16)28-22(25-19)26-21(27-28)3-2-12-29/h4-11,13,20,29H,2-3,12H2,1H3,(H,24,30)(H,25,26,27)/t20-/m1/s1. The zero-order chi connectivity index (χ0) is 21.1. The number of carbonyl (C=O) groups excluding carboxylic acids is 1. The Hall–Kier alpha value is -3.16. The molecular formula is C22H22ClN5O2. The van der Waals surface area contributed by atoms with Crippen LogP contribution in [0.25, 0.3) is 5.70 Å². The van der Waals surface area contributed by atoms with Crippen molar-refractivity contribution in [2.24, 2.45) is 0 Å². The average Bonchev–Trinajstić information content (AvgIpc) is 3.15. The fourth-order valence-electron chi connectivity index (χ4n) is 3.38. The summed E-state index contributed by atoms with van der Waals surface area (Å²) in [6.07, 6.45) is 3.31. The largest absolute Gasteiger partial charge is 0.396 e. The summed E-state index contributed by atoms with van der Waals surface area (Å²) in [5.74, 6) is 1.22. The van der Waals surface area contributed by atoms with Gasteiger partial charge in [-0.3, -0.25) is 4.79 Å². The van der Waals surface area contributed by atoms with Crippen molar-refractivity contribution in [3.63, 3.8) is 0 Å². The lowest BCUT2D eigenvalue weighted by Gasteiger charge is -2.24. The molecule has 1 aliphatic heterocycles. The molecule has 0 radical (unpaired) electrons. The van der Waals surface area contributed by atoms with Gasteiger partial charge in [-0.2, -0.15) is 10.1 Å². The predicted molar refractivity (Wildman–Crippen MR) is 117 cm³/mol. The zero-order valence-electron chi connectivity index (χ0n) is 16.5. The molecule has 1 amide bonds. The number of nitrogens with zero attached hydrogens (tertiary/aromatic N) is 3. The van der Waals surface area contributed by atoms with E-state index in [1.54, 1.807) is 0 Å². The van der Waals surface area contributed by atoms with Gasteiger partial charge >= 0.3 is 0 Å². The van der Waals surface area contributed by atoms with Crippen LogP contribution >= 0.6 is 11.6 Å². The normalized spacial score (nSPS) is 15.2. The van der Waals surface area contributed by atoms with Gasteiger partial charge in [0.05, 0.1) is 0 Å². The summed E-state index contributed by atoms with van der Waals surface area (Å²) >= 11 is 6.07. The van der Waals surface area contributed by atoms with Crippen molar-refractivity contribution in [2.75, 3.05) is 17.2 Å². The van der Waals surface area contributed by atoms with Crippen LogP contribution in [-0.4, -0.2) is 32.4 Å². The first-order valence-electron chi connectivity index (χ1n) is 9.72. The fraction of sp³-hybridized carbons (Fsp3) is 0.227. The number of allylic oxidation sites excluding steroid dienone is 1. The lowest BCUT2D eigenvalue weighted by Crippen LogP contribution is -2.20. The highest BCUT2D eigenvalue weighted by Gasteiger charge is 2.25. The van der Waals surface area contributed by atoms with Gasteiger partial charge < -0.3 is 15.7 Å². The molecule has 0 bridgehead atoms. The minimum absolute atomic E-state index is 0.0993. The Morgan fingerprint density at radius 3 is 2.60 bits per heavy atom. The van der Waals surface area contributed by atoms with Crippen molar-refractivity contribution < 1.29 is 9.90 Å². The monoisotopic (exact) mass is 423 g/mol. The first-order chi connectivity index (χ1) is 14.5. The van der Waals surface area contributed by atoms with Gasteiger partial charge in [0, 0.05) is 36.4 Å². The van der Waals surface area contributed by atoms with E-state index in [0.717, 1.165) is 22.5 Å². The van der Waals surface area contributed by atoms with Crippen molar-refractivity contribution in [3.8, 4) is 0 Å². The number of amides is 1. The van der Waals surface area contributed by atoms with E-state index in [2.05, 4.69) is 26.8 Å². The number of benzene rings is 2. The highest BCUT2D eigenvalue weighted by molar-refractivity contribution is 6.30. The van der Waals surface area contributed by atoms with E-state index < -0.39 is 0 Å². The number of aryl methyl sites for hydroxylation is 1. The second kappa shape index (κ2) is 8.69. The maximum absolute atomic E-state index is 11.3. The van der Waals surface area contributed by atoms with E-state index in [-0.39, 0.29) is 18.6 Å². The summed E-state index contributed by atoms with van der Waals surface area (Å²) in [7, 11) is 0. The van der Waals surface area contributed by atoms with Gasteiger partial charge in [-0.15, -0.1) is 0 Å². The number of fused-ring (bicyclic) bond motifs is 1. The molecule has 4 rings (SSSR count). The van der Waals surface area contributed by atoms with Crippen molar-refractivity contribution in [1.29, 1.82) is 0 Å². The van der Waals surface area contributed by atoms with Gasteiger partial charge in [-0.05, 0) is 47.9 Å². The number of aliphatic hydroxyl groups is 1. The van der Waals surface area contributed by atoms with Crippen molar-refractivity contribution in [1.82, 2.24) is 14.8 Å². The highest BCUT2D eigenvalue weighted by Crippen LogP contribution is 2.33. The molecule has 0 saturated heterocycles. The maximum atomic E-state index is 11.3. The summed E-state index contributed by atoms with van der Waals surface area (Å²) in [4.78, 5) is 15.9. The predicted octanol–water partition coefficient (Wildman–Crippen LogP) is 3.87. The van der Waals surface area contributed by atoms with Crippen LogP contribution in [0.3, 0.4) is 0 Å². The van der Waals surface area contributed by atoms with Gasteiger partial charge in [-0.25, -0.2) is 4.68 Å². The van der Waals surface area contributed by atoms with Crippen molar-refractivity contribution >= 4 is 34.8 Å². The minimum atomic E-state index is -0.154. The quantitative estimate of drug-likeness (QED) is 0.559. The van der Waals surface area contributed by atoms with Gasteiger partial charge in [0.25, 0.3) is 0 Å². The van der Waals surface area contributed by atoms with E-state index in [1.807, 2.05) is 53.2 Å². The number of aliphatic hydroxyl groups excluding tert-OH is 1. The molecule has 2 heterocycles. The molecule has 30 heavy (non-hydrogen) atoms. The van der Waals surface area contributed by atoms with Gasteiger partial charge in [0.2, 0.25) is 11.9 Å². The molecular weight excluding hydrogens is 402 g/mol. The SMILES string of the molecule is CC(=O)Nc1ccc(C2=C[C@H](c3ccc(Cl)cc3)n3nc(CCCO)nc3N2)cc1. The Morgan fingerprint density at radius 1 is 1.20 bits per heavy atom. The van der Waals surface area contributed by atoms with E-state index >= 15 is 0 Å². The number of carbonyl (C=O) groups is 1. The van der Waals surface area contributed by atoms with E-state index in [4.69, 9.17) is 16.7 Å². The topological polar surface area (TPSA) is 92.1 Å². The molecule has 7 nitrogen and oxygen atoms in total. The Morgan fingerprint density at radius 2 is 1.93 bits per heavy atom. The Bertz CT molecular complexity index is 1070. The second-order valence-electron chi connectivity index (χ2n) is 7.08. The van der Waals surface area contributed by atoms with Crippen LogP contribution < -0.4 is 10.6 Å². The molecule has 2 aromatic carbocycles. The molecule has 1 aromatic heterocycles. The molecule has 0 saturated carbocycles. The first-order valence-corrected chi connectivity index (χ1v) is 10.1. The van der Waals surface area contributed by atoms with Crippen LogP contribution in [0.4, 0.5) is 11.6 Å². The van der Waals surface area contributed by atoms with E-state index in [0.29, 0.717) is 29.6 Å². The third-order valence-electron chi connectivity index (χ3n) is 4.80. The van der Waals surface area contributed by atoms with Crippen molar-refractivity contribution in [3.05, 3.63) is 76.6 Å². The molecule has 0 aliphatic carbocycles. The molecule has 1 aliphatic rings. The molecule has 1 atom stereocenters. The van der Waals surface area contributed by atoms with Gasteiger partial charge in [0.15, 0.2) is 5.82 Å². The molecule has 0 spiro atoms. The lowest BCUT2D eigenvalue weighted by atomic mass is 10.0. The first kappa shape index (κ1) is 20.1. The number of aromatic nitrogens is 3. The lowest BCUT2D eigenvalue weighted by molar-refractivity contribution is -0.114. The summed E-state index contributed by atoms with van der Waals surface area (Å²) < 4.78 is 1.85. The number of rotatable bonds is 6. The third-order valence-corrected chi connectivity index (χ3v) is 5.05. The average molecular weight is 424 g/mol. The number of hydrogen-bond donors (Lipinski definition) is 3. The Kier molecular flexibility index (Phi) is 5.83. The molecule has 0 fully saturated rings. The van der Waals surface area contributed by atoms with Crippen LogP contribution in [0, 0.1) is 0 Å².